The summed E-state index contributed by atoms with van der Waals surface area (Å²) in [5.41, 5.74) is 0.885. The van der Waals surface area contributed by atoms with Crippen LogP contribution in [0.5, 0.6) is 5.75 Å². The number of nitrogens with zero attached hydrogens (tertiary/aromatic N) is 4. The van der Waals surface area contributed by atoms with Crippen molar-refractivity contribution in [2.24, 2.45) is 4.99 Å². The monoisotopic (exact) mass is 494 g/mol. The van der Waals surface area contributed by atoms with Gasteiger partial charge >= 0.3 is 0 Å². The SMILES string of the molecule is CN=C(NCCCOc1ccccc1)NCCCc1nnc2ccccn12.I. The number of ether oxygens (including phenoxy) is 1. The molecule has 0 aliphatic heterocycles. The van der Waals surface area contributed by atoms with Gasteiger partial charge in [0.15, 0.2) is 11.6 Å². The standard InChI is InChI=1S/C20H26N6O.HI/c1-21-20(23-14-8-16-27-17-9-3-2-4-10-17)22-13-7-12-19-25-24-18-11-5-6-15-26(18)19;/h2-6,9-11,15H,7-8,12-14,16H2,1H3,(H2,21,22,23);1H. The molecule has 0 radical (unpaired) electrons. The number of pyridine rings is 1. The van der Waals surface area contributed by atoms with E-state index >= 15 is 0 Å². The minimum atomic E-state index is 0. The number of halogens is 1. The Morgan fingerprint density at radius 1 is 1.00 bits per heavy atom. The highest BCUT2D eigenvalue weighted by molar-refractivity contribution is 14.0. The molecule has 7 nitrogen and oxygen atoms in total. The first-order chi connectivity index (χ1) is 13.4. The number of hydrogen-bond donors (Lipinski definition) is 2. The summed E-state index contributed by atoms with van der Waals surface area (Å²) in [4.78, 5) is 4.25. The Morgan fingerprint density at radius 3 is 2.54 bits per heavy atom. The highest BCUT2D eigenvalue weighted by Gasteiger charge is 2.04. The summed E-state index contributed by atoms with van der Waals surface area (Å²) in [6.45, 7) is 2.30. The molecule has 3 rings (SSSR count). The van der Waals surface area contributed by atoms with Crippen molar-refractivity contribution < 1.29 is 4.74 Å². The van der Waals surface area contributed by atoms with E-state index in [0.29, 0.717) is 6.61 Å². The van der Waals surface area contributed by atoms with Gasteiger partial charge in [-0.05, 0) is 37.1 Å². The van der Waals surface area contributed by atoms with Crippen molar-refractivity contribution in [3.8, 4) is 5.75 Å². The van der Waals surface area contributed by atoms with E-state index < -0.39 is 0 Å². The minimum absolute atomic E-state index is 0. The van der Waals surface area contributed by atoms with Crippen LogP contribution in [0.4, 0.5) is 0 Å². The predicted octanol–water partition coefficient (Wildman–Crippen LogP) is 2.91. The Balaban J connectivity index is 0.00000280. The van der Waals surface area contributed by atoms with E-state index in [2.05, 4.69) is 25.8 Å². The number of benzene rings is 1. The van der Waals surface area contributed by atoms with Gasteiger partial charge in [0, 0.05) is 32.8 Å². The van der Waals surface area contributed by atoms with Gasteiger partial charge in [-0.25, -0.2) is 0 Å². The third-order valence-corrected chi connectivity index (χ3v) is 4.10. The maximum atomic E-state index is 5.68. The molecule has 2 N–H and O–H groups in total. The van der Waals surface area contributed by atoms with E-state index in [-0.39, 0.29) is 24.0 Å². The zero-order valence-corrected chi connectivity index (χ0v) is 18.4. The van der Waals surface area contributed by atoms with Crippen LogP contribution in [0.1, 0.15) is 18.7 Å². The van der Waals surface area contributed by atoms with Crippen LogP contribution in [0.2, 0.25) is 0 Å². The molecule has 1 aromatic carbocycles. The summed E-state index contributed by atoms with van der Waals surface area (Å²) in [5, 5.41) is 15.1. The van der Waals surface area contributed by atoms with E-state index in [4.69, 9.17) is 4.74 Å². The van der Waals surface area contributed by atoms with Gasteiger partial charge in [-0.15, -0.1) is 34.2 Å². The van der Waals surface area contributed by atoms with E-state index in [0.717, 1.165) is 55.5 Å². The van der Waals surface area contributed by atoms with Gasteiger partial charge in [0.1, 0.15) is 11.6 Å². The van der Waals surface area contributed by atoms with Crippen LogP contribution in [0.25, 0.3) is 5.65 Å². The number of guanidine groups is 1. The fraction of sp³-hybridized carbons (Fsp3) is 0.350. The number of rotatable bonds is 9. The lowest BCUT2D eigenvalue weighted by Crippen LogP contribution is -2.38. The highest BCUT2D eigenvalue weighted by atomic mass is 127. The number of aryl methyl sites for hydroxylation is 1. The number of fused-ring (bicyclic) bond motifs is 1. The summed E-state index contributed by atoms with van der Waals surface area (Å²) in [6, 6.07) is 15.8. The number of para-hydroxylation sites is 1. The van der Waals surface area contributed by atoms with Crippen molar-refractivity contribution in [2.45, 2.75) is 19.3 Å². The quantitative estimate of drug-likeness (QED) is 0.207. The average Bonchev–Trinajstić information content (AvgIpc) is 3.13. The van der Waals surface area contributed by atoms with Crippen LogP contribution in [0.15, 0.2) is 59.7 Å². The van der Waals surface area contributed by atoms with Crippen molar-refractivity contribution >= 4 is 35.6 Å². The first-order valence-corrected chi connectivity index (χ1v) is 9.28. The molecule has 0 spiro atoms. The van der Waals surface area contributed by atoms with E-state index in [1.807, 2.05) is 59.1 Å². The van der Waals surface area contributed by atoms with Crippen LogP contribution in [-0.2, 0) is 6.42 Å². The number of hydrogen-bond acceptors (Lipinski definition) is 4. The highest BCUT2D eigenvalue weighted by Crippen LogP contribution is 2.08. The van der Waals surface area contributed by atoms with Crippen molar-refractivity contribution in [3.05, 3.63) is 60.6 Å². The van der Waals surface area contributed by atoms with Gasteiger partial charge in [0.05, 0.1) is 6.61 Å². The molecule has 0 aliphatic rings. The van der Waals surface area contributed by atoms with Crippen LogP contribution in [-0.4, -0.2) is 47.3 Å². The van der Waals surface area contributed by atoms with Gasteiger partial charge in [0.2, 0.25) is 0 Å². The summed E-state index contributed by atoms with van der Waals surface area (Å²) in [7, 11) is 1.78. The number of nitrogens with one attached hydrogen (secondary N) is 2. The molecule has 0 saturated carbocycles. The molecule has 0 unspecified atom stereocenters. The lowest BCUT2D eigenvalue weighted by molar-refractivity contribution is 0.311. The Bertz CT molecular complexity index is 852. The number of aliphatic imine (C=N–C) groups is 1. The molecule has 0 aliphatic carbocycles. The molecule has 2 aromatic heterocycles. The van der Waals surface area contributed by atoms with Gasteiger partial charge in [-0.3, -0.25) is 9.39 Å². The van der Waals surface area contributed by atoms with Gasteiger partial charge in [-0.1, -0.05) is 24.3 Å². The zero-order chi connectivity index (χ0) is 18.7. The fourth-order valence-electron chi connectivity index (χ4n) is 2.72. The molecular formula is C20H27IN6O. The summed E-state index contributed by atoms with van der Waals surface area (Å²) < 4.78 is 7.71. The fourth-order valence-corrected chi connectivity index (χ4v) is 2.72. The predicted molar refractivity (Wildman–Crippen MR) is 123 cm³/mol. The third-order valence-electron chi connectivity index (χ3n) is 4.10. The molecule has 0 fully saturated rings. The first kappa shape index (κ1) is 21.9. The topological polar surface area (TPSA) is 75.8 Å². The molecule has 0 amide bonds. The van der Waals surface area contributed by atoms with Crippen molar-refractivity contribution in [2.75, 3.05) is 26.7 Å². The van der Waals surface area contributed by atoms with Gasteiger partial charge in [0.25, 0.3) is 0 Å². The molecule has 2 heterocycles. The minimum Gasteiger partial charge on any atom is -0.494 e. The maximum Gasteiger partial charge on any atom is 0.190 e. The van der Waals surface area contributed by atoms with Crippen molar-refractivity contribution in [1.29, 1.82) is 0 Å². The lowest BCUT2D eigenvalue weighted by Gasteiger charge is -2.12. The molecular weight excluding hydrogens is 467 g/mol. The third kappa shape index (κ3) is 6.66. The largest absolute Gasteiger partial charge is 0.494 e. The summed E-state index contributed by atoms with van der Waals surface area (Å²) in [5.74, 6) is 2.69. The summed E-state index contributed by atoms with van der Waals surface area (Å²) in [6.07, 6.45) is 4.71. The second-order valence-corrected chi connectivity index (χ2v) is 6.09. The second-order valence-electron chi connectivity index (χ2n) is 6.09. The van der Waals surface area contributed by atoms with Gasteiger partial charge < -0.3 is 15.4 Å². The zero-order valence-electron chi connectivity index (χ0n) is 16.0. The van der Waals surface area contributed by atoms with Crippen LogP contribution < -0.4 is 15.4 Å². The normalized spacial score (nSPS) is 11.1. The molecule has 150 valence electrons. The van der Waals surface area contributed by atoms with Crippen molar-refractivity contribution in [1.82, 2.24) is 25.2 Å². The first-order valence-electron chi connectivity index (χ1n) is 9.28. The van der Waals surface area contributed by atoms with E-state index in [9.17, 15) is 0 Å². The maximum absolute atomic E-state index is 5.68. The Morgan fingerprint density at radius 2 is 1.75 bits per heavy atom. The molecule has 0 saturated heterocycles. The Kier molecular flexibility index (Phi) is 9.53. The van der Waals surface area contributed by atoms with Crippen LogP contribution >= 0.6 is 24.0 Å². The molecule has 3 aromatic rings. The van der Waals surface area contributed by atoms with Crippen LogP contribution in [0.3, 0.4) is 0 Å². The Hall–Kier alpha value is -2.36. The van der Waals surface area contributed by atoms with Gasteiger partial charge in [-0.2, -0.15) is 0 Å². The van der Waals surface area contributed by atoms with Crippen LogP contribution in [0, 0.1) is 0 Å². The lowest BCUT2D eigenvalue weighted by atomic mass is 10.3. The molecule has 0 bridgehead atoms. The summed E-state index contributed by atoms with van der Waals surface area (Å²) >= 11 is 0. The average molecular weight is 494 g/mol. The van der Waals surface area contributed by atoms with Crippen molar-refractivity contribution in [3.63, 3.8) is 0 Å². The van der Waals surface area contributed by atoms with E-state index in [1.54, 1.807) is 7.05 Å². The molecule has 28 heavy (non-hydrogen) atoms. The second kappa shape index (κ2) is 12.2. The molecule has 8 heteroatoms. The molecule has 0 atom stereocenters. The number of aromatic nitrogens is 3. The smallest absolute Gasteiger partial charge is 0.190 e. The van der Waals surface area contributed by atoms with E-state index in [1.165, 1.54) is 0 Å². The Labute approximate surface area is 182 Å².